The molecule has 0 saturated carbocycles. The average Bonchev–Trinajstić information content (AvgIpc) is 2.53. The minimum Gasteiger partial charge on any atom is -0.310 e. The average molecular weight is 264 g/mol. The first-order valence-corrected chi connectivity index (χ1v) is 7.08. The van der Waals surface area contributed by atoms with E-state index in [0.717, 1.165) is 19.4 Å². The molecule has 1 N–H and O–H groups in total. The lowest BCUT2D eigenvalue weighted by Gasteiger charge is -2.17. The summed E-state index contributed by atoms with van der Waals surface area (Å²) in [6, 6.07) is 21.0. The second-order valence-electron chi connectivity index (χ2n) is 4.98. The fraction of sp³-hybridized carbons (Fsp3) is 0.278. The van der Waals surface area contributed by atoms with E-state index in [1.807, 2.05) is 24.3 Å². The molecule has 2 heteroatoms. The molecule has 0 radical (unpaired) electrons. The van der Waals surface area contributed by atoms with Crippen LogP contribution in [-0.4, -0.2) is 6.04 Å². The lowest BCUT2D eigenvalue weighted by molar-refractivity contribution is 0.494. The molecule has 0 amide bonds. The summed E-state index contributed by atoms with van der Waals surface area (Å²) in [7, 11) is 0. The third-order valence-electron chi connectivity index (χ3n) is 3.50. The molecule has 0 bridgehead atoms. The van der Waals surface area contributed by atoms with Gasteiger partial charge in [0.05, 0.1) is 11.6 Å². The van der Waals surface area contributed by atoms with E-state index in [0.29, 0.717) is 11.6 Å². The number of rotatable bonds is 6. The van der Waals surface area contributed by atoms with Crippen LogP contribution in [0.2, 0.25) is 0 Å². The Balaban J connectivity index is 1.88. The zero-order valence-electron chi connectivity index (χ0n) is 11.8. The van der Waals surface area contributed by atoms with Gasteiger partial charge in [-0.25, -0.2) is 0 Å². The molecule has 2 aromatic rings. The smallest absolute Gasteiger partial charge is 0.0991 e. The summed E-state index contributed by atoms with van der Waals surface area (Å²) in [6.07, 6.45) is 2.15. The third-order valence-corrected chi connectivity index (χ3v) is 3.50. The summed E-state index contributed by atoms with van der Waals surface area (Å²) in [6.45, 7) is 3.05. The molecule has 0 heterocycles. The Labute approximate surface area is 121 Å². The van der Waals surface area contributed by atoms with E-state index >= 15 is 0 Å². The van der Waals surface area contributed by atoms with Crippen LogP contribution in [0.1, 0.15) is 30.0 Å². The van der Waals surface area contributed by atoms with Gasteiger partial charge in [-0.15, -0.1) is 0 Å². The van der Waals surface area contributed by atoms with Gasteiger partial charge in [0.15, 0.2) is 0 Å². The number of hydrogen-bond donors (Lipinski definition) is 1. The number of nitriles is 1. The van der Waals surface area contributed by atoms with Crippen molar-refractivity contribution in [1.29, 1.82) is 5.26 Å². The summed E-state index contributed by atoms with van der Waals surface area (Å²) in [5.74, 6) is 0. The second kappa shape index (κ2) is 7.47. The molecule has 2 nitrogen and oxygen atoms in total. The highest BCUT2D eigenvalue weighted by atomic mass is 14.9. The van der Waals surface area contributed by atoms with E-state index < -0.39 is 0 Å². The van der Waals surface area contributed by atoms with Crippen LogP contribution in [-0.2, 0) is 13.0 Å². The van der Waals surface area contributed by atoms with Crippen LogP contribution < -0.4 is 5.32 Å². The van der Waals surface area contributed by atoms with Gasteiger partial charge in [0, 0.05) is 12.6 Å². The van der Waals surface area contributed by atoms with E-state index in [4.69, 9.17) is 5.26 Å². The number of benzene rings is 2. The maximum absolute atomic E-state index is 8.78. The monoisotopic (exact) mass is 264 g/mol. The standard InChI is InChI=1S/C18H20N2/c1-2-18(12-15-6-4-3-5-7-15)20-14-17-10-8-16(13-19)9-11-17/h3-11,18,20H,2,12,14H2,1H3. The van der Waals surface area contributed by atoms with Crippen LogP contribution in [0.25, 0.3) is 0 Å². The molecule has 0 fully saturated rings. The maximum Gasteiger partial charge on any atom is 0.0991 e. The summed E-state index contributed by atoms with van der Waals surface area (Å²) in [5.41, 5.74) is 3.30. The summed E-state index contributed by atoms with van der Waals surface area (Å²) in [4.78, 5) is 0. The predicted molar refractivity (Wildman–Crippen MR) is 82.2 cm³/mol. The van der Waals surface area contributed by atoms with E-state index in [1.54, 1.807) is 0 Å². The molecular formula is C18H20N2. The molecule has 0 aliphatic heterocycles. The van der Waals surface area contributed by atoms with Crippen molar-refractivity contribution in [2.24, 2.45) is 0 Å². The van der Waals surface area contributed by atoms with Crippen LogP contribution in [0.15, 0.2) is 54.6 Å². The van der Waals surface area contributed by atoms with Crippen LogP contribution in [0.5, 0.6) is 0 Å². The fourth-order valence-electron chi connectivity index (χ4n) is 2.22. The summed E-state index contributed by atoms with van der Waals surface area (Å²) < 4.78 is 0. The van der Waals surface area contributed by atoms with Crippen LogP contribution in [0.3, 0.4) is 0 Å². The Morgan fingerprint density at radius 3 is 2.30 bits per heavy atom. The Kier molecular flexibility index (Phi) is 5.34. The van der Waals surface area contributed by atoms with Crippen molar-refractivity contribution < 1.29 is 0 Å². The van der Waals surface area contributed by atoms with Gasteiger partial charge >= 0.3 is 0 Å². The predicted octanol–water partition coefficient (Wildman–Crippen LogP) is 3.67. The minimum atomic E-state index is 0.480. The highest BCUT2D eigenvalue weighted by molar-refractivity contribution is 5.31. The summed E-state index contributed by atoms with van der Waals surface area (Å²) in [5, 5.41) is 12.4. The van der Waals surface area contributed by atoms with Crippen molar-refractivity contribution in [2.45, 2.75) is 32.4 Å². The molecule has 0 spiro atoms. The quantitative estimate of drug-likeness (QED) is 0.864. The second-order valence-corrected chi connectivity index (χ2v) is 4.98. The van der Waals surface area contributed by atoms with E-state index in [2.05, 4.69) is 48.6 Å². The maximum atomic E-state index is 8.78. The Hall–Kier alpha value is -2.11. The van der Waals surface area contributed by atoms with Gasteiger partial charge in [-0.2, -0.15) is 5.26 Å². The number of nitrogens with one attached hydrogen (secondary N) is 1. The zero-order valence-corrected chi connectivity index (χ0v) is 11.8. The molecule has 102 valence electrons. The van der Waals surface area contributed by atoms with Gasteiger partial charge in [-0.1, -0.05) is 49.4 Å². The SMILES string of the molecule is CCC(Cc1ccccc1)NCc1ccc(C#N)cc1. The molecule has 2 rings (SSSR count). The van der Waals surface area contributed by atoms with Crippen molar-refractivity contribution >= 4 is 0 Å². The van der Waals surface area contributed by atoms with Crippen LogP contribution >= 0.6 is 0 Å². The Morgan fingerprint density at radius 2 is 1.70 bits per heavy atom. The topological polar surface area (TPSA) is 35.8 Å². The first-order chi connectivity index (χ1) is 9.81. The molecule has 2 aromatic carbocycles. The Morgan fingerprint density at radius 1 is 1.00 bits per heavy atom. The van der Waals surface area contributed by atoms with E-state index in [9.17, 15) is 0 Å². The summed E-state index contributed by atoms with van der Waals surface area (Å²) >= 11 is 0. The number of hydrogen-bond acceptors (Lipinski definition) is 2. The van der Waals surface area contributed by atoms with Crippen molar-refractivity contribution in [3.63, 3.8) is 0 Å². The first kappa shape index (κ1) is 14.3. The van der Waals surface area contributed by atoms with Gasteiger partial charge < -0.3 is 5.32 Å². The van der Waals surface area contributed by atoms with Gasteiger partial charge in [0.2, 0.25) is 0 Å². The highest BCUT2D eigenvalue weighted by Gasteiger charge is 2.06. The van der Waals surface area contributed by atoms with Crippen molar-refractivity contribution in [3.8, 4) is 6.07 Å². The molecule has 20 heavy (non-hydrogen) atoms. The zero-order chi connectivity index (χ0) is 14.2. The molecule has 0 aromatic heterocycles. The molecule has 0 aliphatic rings. The molecular weight excluding hydrogens is 244 g/mol. The molecule has 0 saturated heterocycles. The highest BCUT2D eigenvalue weighted by Crippen LogP contribution is 2.08. The third kappa shape index (κ3) is 4.22. The fourth-order valence-corrected chi connectivity index (χ4v) is 2.22. The largest absolute Gasteiger partial charge is 0.310 e. The van der Waals surface area contributed by atoms with E-state index in [1.165, 1.54) is 11.1 Å². The number of nitrogens with zero attached hydrogens (tertiary/aromatic N) is 1. The Bertz CT molecular complexity index is 552. The van der Waals surface area contributed by atoms with Crippen LogP contribution in [0.4, 0.5) is 0 Å². The molecule has 1 atom stereocenters. The van der Waals surface area contributed by atoms with Gasteiger partial charge in [0.1, 0.15) is 0 Å². The lowest BCUT2D eigenvalue weighted by atomic mass is 10.0. The lowest BCUT2D eigenvalue weighted by Crippen LogP contribution is -2.30. The van der Waals surface area contributed by atoms with Crippen molar-refractivity contribution in [3.05, 3.63) is 71.3 Å². The van der Waals surface area contributed by atoms with Gasteiger partial charge in [-0.05, 0) is 36.1 Å². The van der Waals surface area contributed by atoms with Crippen molar-refractivity contribution in [2.75, 3.05) is 0 Å². The van der Waals surface area contributed by atoms with Crippen molar-refractivity contribution in [1.82, 2.24) is 5.32 Å². The van der Waals surface area contributed by atoms with E-state index in [-0.39, 0.29) is 0 Å². The first-order valence-electron chi connectivity index (χ1n) is 7.08. The van der Waals surface area contributed by atoms with Crippen LogP contribution in [0, 0.1) is 11.3 Å². The normalized spacial score (nSPS) is 11.8. The minimum absolute atomic E-state index is 0.480. The van der Waals surface area contributed by atoms with Gasteiger partial charge in [-0.3, -0.25) is 0 Å². The van der Waals surface area contributed by atoms with Gasteiger partial charge in [0.25, 0.3) is 0 Å². The molecule has 1 unspecified atom stereocenters. The molecule has 0 aliphatic carbocycles.